The summed E-state index contributed by atoms with van der Waals surface area (Å²) < 4.78 is 0. The SMILES string of the molecule is CCCCN1CCCCC1CN(c1ccccc1)C1Cc2ccccc2C1. The fourth-order valence-electron chi connectivity index (χ4n) is 4.99. The van der Waals surface area contributed by atoms with Crippen molar-refractivity contribution in [3.63, 3.8) is 0 Å². The van der Waals surface area contributed by atoms with Crippen molar-refractivity contribution < 1.29 is 0 Å². The van der Waals surface area contributed by atoms with Crippen molar-refractivity contribution in [2.24, 2.45) is 0 Å². The van der Waals surface area contributed by atoms with Crippen molar-refractivity contribution in [3.05, 3.63) is 65.7 Å². The molecule has 0 bridgehead atoms. The molecule has 2 heteroatoms. The topological polar surface area (TPSA) is 6.48 Å². The Hall–Kier alpha value is -1.80. The van der Waals surface area contributed by atoms with Crippen LogP contribution in [0.3, 0.4) is 0 Å². The molecule has 1 fully saturated rings. The zero-order chi connectivity index (χ0) is 18.5. The van der Waals surface area contributed by atoms with E-state index in [4.69, 9.17) is 0 Å². The maximum atomic E-state index is 2.78. The molecule has 1 atom stereocenters. The van der Waals surface area contributed by atoms with Gasteiger partial charge in [-0.2, -0.15) is 0 Å². The molecule has 27 heavy (non-hydrogen) atoms. The van der Waals surface area contributed by atoms with Crippen LogP contribution in [-0.4, -0.2) is 36.6 Å². The van der Waals surface area contributed by atoms with Gasteiger partial charge in [0.2, 0.25) is 0 Å². The number of unbranched alkanes of at least 4 members (excludes halogenated alkanes) is 1. The van der Waals surface area contributed by atoms with Gasteiger partial charge in [-0.1, -0.05) is 62.2 Å². The van der Waals surface area contributed by atoms with Crippen LogP contribution in [0.15, 0.2) is 54.6 Å². The van der Waals surface area contributed by atoms with Gasteiger partial charge in [-0.3, -0.25) is 4.90 Å². The van der Waals surface area contributed by atoms with Crippen LogP contribution in [-0.2, 0) is 12.8 Å². The molecule has 0 radical (unpaired) electrons. The number of benzene rings is 2. The standard InChI is InChI=1S/C25H34N2/c1-2-3-16-26-17-10-9-15-24(26)20-27(23-13-5-4-6-14-23)25-18-21-11-7-8-12-22(21)19-25/h4-8,11-14,24-25H,2-3,9-10,15-20H2,1H3. The minimum Gasteiger partial charge on any atom is -0.366 e. The highest BCUT2D eigenvalue weighted by molar-refractivity contribution is 5.50. The van der Waals surface area contributed by atoms with Gasteiger partial charge in [-0.25, -0.2) is 0 Å². The molecule has 1 aliphatic carbocycles. The summed E-state index contributed by atoms with van der Waals surface area (Å²) >= 11 is 0. The molecule has 1 aliphatic heterocycles. The molecule has 0 amide bonds. The number of piperidine rings is 1. The van der Waals surface area contributed by atoms with E-state index in [9.17, 15) is 0 Å². The summed E-state index contributed by atoms with van der Waals surface area (Å²) in [7, 11) is 0. The van der Waals surface area contributed by atoms with Crippen LogP contribution in [0.4, 0.5) is 5.69 Å². The van der Waals surface area contributed by atoms with Crippen LogP contribution in [0, 0.1) is 0 Å². The largest absolute Gasteiger partial charge is 0.366 e. The van der Waals surface area contributed by atoms with E-state index in [-0.39, 0.29) is 0 Å². The summed E-state index contributed by atoms with van der Waals surface area (Å²) in [6, 6.07) is 21.5. The number of hydrogen-bond acceptors (Lipinski definition) is 2. The van der Waals surface area contributed by atoms with Gasteiger partial charge in [0.05, 0.1) is 0 Å². The summed E-state index contributed by atoms with van der Waals surface area (Å²) in [5.74, 6) is 0. The lowest BCUT2D eigenvalue weighted by atomic mass is 9.99. The van der Waals surface area contributed by atoms with Crippen molar-refractivity contribution in [1.82, 2.24) is 4.90 Å². The van der Waals surface area contributed by atoms with Gasteiger partial charge in [0.25, 0.3) is 0 Å². The lowest BCUT2D eigenvalue weighted by molar-refractivity contribution is 0.147. The second-order valence-electron chi connectivity index (χ2n) is 8.36. The van der Waals surface area contributed by atoms with Crippen molar-refractivity contribution in [2.45, 2.75) is 64.0 Å². The molecule has 0 saturated carbocycles. The normalized spacial score (nSPS) is 20.6. The first-order chi connectivity index (χ1) is 13.3. The Labute approximate surface area is 165 Å². The maximum Gasteiger partial charge on any atom is 0.0371 e. The van der Waals surface area contributed by atoms with Crippen LogP contribution in [0.1, 0.15) is 50.2 Å². The highest BCUT2D eigenvalue weighted by atomic mass is 15.2. The molecular weight excluding hydrogens is 328 g/mol. The third kappa shape index (κ3) is 4.38. The Balaban J connectivity index is 1.54. The minimum atomic E-state index is 0.597. The van der Waals surface area contributed by atoms with E-state index in [0.29, 0.717) is 12.1 Å². The quantitative estimate of drug-likeness (QED) is 0.658. The Morgan fingerprint density at radius 3 is 2.33 bits per heavy atom. The van der Waals surface area contributed by atoms with Crippen LogP contribution in [0.2, 0.25) is 0 Å². The smallest absolute Gasteiger partial charge is 0.0371 e. The summed E-state index contributed by atoms with van der Waals surface area (Å²) in [4.78, 5) is 5.51. The second kappa shape index (κ2) is 8.93. The Bertz CT molecular complexity index is 686. The van der Waals surface area contributed by atoms with E-state index in [0.717, 1.165) is 0 Å². The summed E-state index contributed by atoms with van der Waals surface area (Å²) in [5.41, 5.74) is 4.50. The highest BCUT2D eigenvalue weighted by Crippen LogP contribution is 2.30. The number of hydrogen-bond donors (Lipinski definition) is 0. The summed E-state index contributed by atoms with van der Waals surface area (Å²) in [5, 5.41) is 0. The zero-order valence-corrected chi connectivity index (χ0v) is 16.8. The fourth-order valence-corrected chi connectivity index (χ4v) is 4.99. The molecule has 2 nitrogen and oxygen atoms in total. The molecule has 0 aromatic heterocycles. The third-order valence-electron chi connectivity index (χ3n) is 6.51. The molecule has 4 rings (SSSR count). The molecule has 0 N–H and O–H groups in total. The van der Waals surface area contributed by atoms with E-state index in [1.807, 2.05) is 0 Å². The van der Waals surface area contributed by atoms with Crippen LogP contribution < -0.4 is 4.90 Å². The first-order valence-electron chi connectivity index (χ1n) is 11.0. The van der Waals surface area contributed by atoms with Crippen molar-refractivity contribution in [1.29, 1.82) is 0 Å². The molecule has 1 heterocycles. The van der Waals surface area contributed by atoms with Gasteiger partial charge in [-0.15, -0.1) is 0 Å². The van der Waals surface area contributed by atoms with Crippen LogP contribution in [0.5, 0.6) is 0 Å². The molecular formula is C25H34N2. The van der Waals surface area contributed by atoms with E-state index >= 15 is 0 Å². The van der Waals surface area contributed by atoms with Gasteiger partial charge in [0.15, 0.2) is 0 Å². The number of anilines is 1. The van der Waals surface area contributed by atoms with Gasteiger partial charge in [0, 0.05) is 24.3 Å². The predicted molar refractivity (Wildman–Crippen MR) is 116 cm³/mol. The molecule has 2 aliphatic rings. The van der Waals surface area contributed by atoms with Gasteiger partial charge >= 0.3 is 0 Å². The number of nitrogens with zero attached hydrogens (tertiary/aromatic N) is 2. The van der Waals surface area contributed by atoms with E-state index in [1.165, 1.54) is 70.3 Å². The molecule has 2 aromatic carbocycles. The lowest BCUT2D eigenvalue weighted by Crippen LogP contribution is -2.50. The Kier molecular flexibility index (Phi) is 6.14. The Morgan fingerprint density at radius 2 is 1.63 bits per heavy atom. The van der Waals surface area contributed by atoms with Crippen molar-refractivity contribution in [3.8, 4) is 0 Å². The van der Waals surface area contributed by atoms with E-state index < -0.39 is 0 Å². The third-order valence-corrected chi connectivity index (χ3v) is 6.51. The van der Waals surface area contributed by atoms with E-state index in [1.54, 1.807) is 11.1 Å². The number of fused-ring (bicyclic) bond motifs is 1. The lowest BCUT2D eigenvalue weighted by Gasteiger charge is -2.41. The molecule has 2 aromatic rings. The van der Waals surface area contributed by atoms with Crippen LogP contribution >= 0.6 is 0 Å². The van der Waals surface area contributed by atoms with Gasteiger partial charge in [-0.05, 0) is 68.5 Å². The maximum absolute atomic E-state index is 2.78. The average molecular weight is 363 g/mol. The van der Waals surface area contributed by atoms with Crippen molar-refractivity contribution >= 4 is 5.69 Å². The minimum absolute atomic E-state index is 0.597. The van der Waals surface area contributed by atoms with E-state index in [2.05, 4.69) is 71.3 Å². The average Bonchev–Trinajstić information content (AvgIpc) is 3.15. The number of likely N-dealkylation sites (tertiary alicyclic amines) is 1. The first-order valence-corrected chi connectivity index (χ1v) is 11.0. The van der Waals surface area contributed by atoms with Crippen molar-refractivity contribution in [2.75, 3.05) is 24.5 Å². The van der Waals surface area contributed by atoms with Gasteiger partial charge < -0.3 is 4.90 Å². The first kappa shape index (κ1) is 18.6. The number of rotatable bonds is 7. The fraction of sp³-hybridized carbons (Fsp3) is 0.520. The van der Waals surface area contributed by atoms with Crippen LogP contribution in [0.25, 0.3) is 0 Å². The molecule has 1 saturated heterocycles. The highest BCUT2D eigenvalue weighted by Gasteiger charge is 2.31. The molecule has 144 valence electrons. The van der Waals surface area contributed by atoms with Gasteiger partial charge in [0.1, 0.15) is 0 Å². The molecule has 0 spiro atoms. The summed E-state index contributed by atoms with van der Waals surface area (Å²) in [6.45, 7) is 6.05. The molecule has 1 unspecified atom stereocenters. The summed E-state index contributed by atoms with van der Waals surface area (Å²) in [6.07, 6.45) is 9.12. The second-order valence-corrected chi connectivity index (χ2v) is 8.36. The number of para-hydroxylation sites is 1. The predicted octanol–water partition coefficient (Wildman–Crippen LogP) is 5.32. The zero-order valence-electron chi connectivity index (χ0n) is 16.8. The monoisotopic (exact) mass is 362 g/mol. The Morgan fingerprint density at radius 1 is 0.926 bits per heavy atom.